The van der Waals surface area contributed by atoms with Crippen molar-refractivity contribution in [1.82, 2.24) is 0 Å². The summed E-state index contributed by atoms with van der Waals surface area (Å²) in [5.74, 6) is 2.87. The summed E-state index contributed by atoms with van der Waals surface area (Å²) in [4.78, 5) is 11.8. The fourth-order valence-corrected chi connectivity index (χ4v) is 1.64. The van der Waals surface area contributed by atoms with Crippen molar-refractivity contribution in [2.24, 2.45) is 5.73 Å². The number of ketones is 1. The SMILES string of the molecule is C#CCC(N)C(=O)Cc1cc(Cl)ccc1OC. The number of terminal acetylenes is 1. The van der Waals surface area contributed by atoms with Gasteiger partial charge in [-0.2, -0.15) is 0 Å². The van der Waals surface area contributed by atoms with Crippen LogP contribution in [0.25, 0.3) is 0 Å². The molecule has 4 heteroatoms. The normalized spacial score (nSPS) is 11.6. The van der Waals surface area contributed by atoms with E-state index < -0.39 is 6.04 Å². The average molecular weight is 252 g/mol. The van der Waals surface area contributed by atoms with Crippen LogP contribution in [0.3, 0.4) is 0 Å². The Morgan fingerprint density at radius 2 is 2.35 bits per heavy atom. The maximum absolute atomic E-state index is 11.8. The zero-order chi connectivity index (χ0) is 12.8. The molecule has 0 saturated carbocycles. The molecule has 0 bridgehead atoms. The van der Waals surface area contributed by atoms with E-state index in [4.69, 9.17) is 28.5 Å². The quantitative estimate of drug-likeness (QED) is 0.812. The molecule has 17 heavy (non-hydrogen) atoms. The second-order valence-corrected chi connectivity index (χ2v) is 4.05. The molecule has 3 nitrogen and oxygen atoms in total. The van der Waals surface area contributed by atoms with Gasteiger partial charge in [-0.05, 0) is 18.2 Å². The van der Waals surface area contributed by atoms with E-state index in [0.717, 1.165) is 5.56 Å². The number of ether oxygens (including phenoxy) is 1. The molecule has 0 aromatic heterocycles. The van der Waals surface area contributed by atoms with E-state index >= 15 is 0 Å². The van der Waals surface area contributed by atoms with E-state index in [0.29, 0.717) is 10.8 Å². The minimum Gasteiger partial charge on any atom is -0.496 e. The van der Waals surface area contributed by atoms with Gasteiger partial charge in [0.05, 0.1) is 13.2 Å². The fourth-order valence-electron chi connectivity index (χ4n) is 1.44. The van der Waals surface area contributed by atoms with E-state index in [1.54, 1.807) is 25.3 Å². The van der Waals surface area contributed by atoms with E-state index in [1.807, 2.05) is 0 Å². The predicted octanol–water partition coefficient (Wildman–Crippen LogP) is 1.81. The number of hydrogen-bond acceptors (Lipinski definition) is 3. The lowest BCUT2D eigenvalue weighted by atomic mass is 10.0. The smallest absolute Gasteiger partial charge is 0.154 e. The average Bonchev–Trinajstić information content (AvgIpc) is 2.29. The van der Waals surface area contributed by atoms with Crippen LogP contribution in [0.5, 0.6) is 5.75 Å². The third-order valence-corrected chi connectivity index (χ3v) is 2.59. The van der Waals surface area contributed by atoms with Gasteiger partial charge >= 0.3 is 0 Å². The highest BCUT2D eigenvalue weighted by molar-refractivity contribution is 6.30. The molecule has 1 atom stereocenters. The van der Waals surface area contributed by atoms with Crippen LogP contribution in [0.4, 0.5) is 0 Å². The number of nitrogens with two attached hydrogens (primary N) is 1. The number of hydrogen-bond donors (Lipinski definition) is 1. The Bertz CT molecular complexity index is 451. The molecule has 0 fully saturated rings. The zero-order valence-electron chi connectivity index (χ0n) is 9.57. The van der Waals surface area contributed by atoms with E-state index in [9.17, 15) is 4.79 Å². The molecule has 0 saturated heterocycles. The standard InChI is InChI=1S/C13H14ClNO2/c1-3-4-11(15)12(16)8-9-7-10(14)5-6-13(9)17-2/h1,5-7,11H,4,8,15H2,2H3. The molecular formula is C13H14ClNO2. The second-order valence-electron chi connectivity index (χ2n) is 3.61. The van der Waals surface area contributed by atoms with Crippen molar-refractivity contribution >= 4 is 17.4 Å². The lowest BCUT2D eigenvalue weighted by Gasteiger charge is -2.10. The molecule has 1 unspecified atom stereocenters. The molecule has 0 heterocycles. The highest BCUT2D eigenvalue weighted by Crippen LogP contribution is 2.23. The summed E-state index contributed by atoms with van der Waals surface area (Å²) in [6, 6.07) is 4.48. The number of Topliss-reactive ketones (excluding diaryl/α,β-unsaturated/α-hetero) is 1. The van der Waals surface area contributed by atoms with Gasteiger partial charge in [-0.1, -0.05) is 11.6 Å². The van der Waals surface area contributed by atoms with Gasteiger partial charge in [0, 0.05) is 23.4 Å². The van der Waals surface area contributed by atoms with Gasteiger partial charge in [-0.25, -0.2) is 0 Å². The van der Waals surface area contributed by atoms with Gasteiger partial charge in [-0.15, -0.1) is 12.3 Å². The second kappa shape index (κ2) is 6.29. The number of halogens is 1. The van der Waals surface area contributed by atoms with Crippen molar-refractivity contribution in [2.75, 3.05) is 7.11 Å². The van der Waals surface area contributed by atoms with Crippen LogP contribution in [-0.4, -0.2) is 18.9 Å². The number of methoxy groups -OCH3 is 1. The molecule has 2 N–H and O–H groups in total. The topological polar surface area (TPSA) is 52.3 Å². The van der Waals surface area contributed by atoms with Gasteiger partial charge in [0.2, 0.25) is 0 Å². The van der Waals surface area contributed by atoms with Crippen LogP contribution in [-0.2, 0) is 11.2 Å². The van der Waals surface area contributed by atoms with Crippen LogP contribution in [0.15, 0.2) is 18.2 Å². The fraction of sp³-hybridized carbons (Fsp3) is 0.308. The highest BCUT2D eigenvalue weighted by atomic mass is 35.5. The summed E-state index contributed by atoms with van der Waals surface area (Å²) in [6.45, 7) is 0. The Hall–Kier alpha value is -1.50. The minimum absolute atomic E-state index is 0.122. The lowest BCUT2D eigenvalue weighted by molar-refractivity contribution is -0.119. The Kier molecular flexibility index (Phi) is 5.02. The summed E-state index contributed by atoms with van der Waals surface area (Å²) >= 11 is 5.87. The largest absolute Gasteiger partial charge is 0.496 e. The molecule has 0 amide bonds. The van der Waals surface area contributed by atoms with Crippen LogP contribution >= 0.6 is 11.6 Å². The summed E-state index contributed by atoms with van der Waals surface area (Å²) in [5, 5.41) is 0.555. The zero-order valence-corrected chi connectivity index (χ0v) is 10.3. The lowest BCUT2D eigenvalue weighted by Crippen LogP contribution is -2.31. The van der Waals surface area contributed by atoms with Gasteiger partial charge in [-0.3, -0.25) is 4.79 Å². The van der Waals surface area contributed by atoms with Crippen molar-refractivity contribution in [2.45, 2.75) is 18.9 Å². The number of carbonyl (C=O) groups is 1. The van der Waals surface area contributed by atoms with Gasteiger partial charge in [0.25, 0.3) is 0 Å². The predicted molar refractivity (Wildman–Crippen MR) is 68.1 cm³/mol. The van der Waals surface area contributed by atoms with Gasteiger partial charge < -0.3 is 10.5 Å². The maximum Gasteiger partial charge on any atom is 0.154 e. The molecule has 90 valence electrons. The van der Waals surface area contributed by atoms with Gasteiger partial charge in [0.1, 0.15) is 5.75 Å². The first-order valence-corrected chi connectivity index (χ1v) is 5.50. The van der Waals surface area contributed by atoms with Crippen molar-refractivity contribution in [1.29, 1.82) is 0 Å². The van der Waals surface area contributed by atoms with Crippen molar-refractivity contribution < 1.29 is 9.53 Å². The first-order chi connectivity index (χ1) is 8.08. The first-order valence-electron chi connectivity index (χ1n) is 5.12. The minimum atomic E-state index is -0.635. The van der Waals surface area contributed by atoms with Crippen LogP contribution in [0.1, 0.15) is 12.0 Å². The molecule has 1 rings (SSSR count). The molecule has 0 spiro atoms. The Balaban J connectivity index is 2.84. The van der Waals surface area contributed by atoms with Crippen molar-refractivity contribution in [3.63, 3.8) is 0 Å². The Morgan fingerprint density at radius 1 is 1.65 bits per heavy atom. The first kappa shape index (κ1) is 13.6. The summed E-state index contributed by atoms with van der Waals surface area (Å²) in [7, 11) is 1.54. The van der Waals surface area contributed by atoms with Crippen LogP contribution < -0.4 is 10.5 Å². The Morgan fingerprint density at radius 3 is 2.94 bits per heavy atom. The summed E-state index contributed by atoms with van der Waals surface area (Å²) in [5.41, 5.74) is 6.36. The highest BCUT2D eigenvalue weighted by Gasteiger charge is 2.15. The molecule has 1 aromatic carbocycles. The third kappa shape index (κ3) is 3.77. The third-order valence-electron chi connectivity index (χ3n) is 2.36. The maximum atomic E-state index is 11.8. The van der Waals surface area contributed by atoms with Crippen molar-refractivity contribution in [3.05, 3.63) is 28.8 Å². The number of carbonyl (C=O) groups excluding carboxylic acids is 1. The summed E-state index contributed by atoms with van der Waals surface area (Å²) < 4.78 is 5.15. The van der Waals surface area contributed by atoms with Crippen molar-refractivity contribution in [3.8, 4) is 18.1 Å². The monoisotopic (exact) mass is 251 g/mol. The molecule has 0 aliphatic heterocycles. The molecule has 1 aromatic rings. The molecule has 0 aliphatic carbocycles. The van der Waals surface area contributed by atoms with Crippen LogP contribution in [0.2, 0.25) is 5.02 Å². The van der Waals surface area contributed by atoms with Gasteiger partial charge in [0.15, 0.2) is 5.78 Å². The van der Waals surface area contributed by atoms with E-state index in [2.05, 4.69) is 5.92 Å². The van der Waals surface area contributed by atoms with Crippen LogP contribution in [0, 0.1) is 12.3 Å². The molecular weight excluding hydrogens is 238 g/mol. The Labute approximate surface area is 106 Å². The molecule has 0 radical (unpaired) electrons. The van der Waals surface area contributed by atoms with E-state index in [1.165, 1.54) is 0 Å². The summed E-state index contributed by atoms with van der Waals surface area (Å²) in [6.07, 6.45) is 5.52. The number of rotatable bonds is 5. The number of benzene rings is 1. The van der Waals surface area contributed by atoms with E-state index in [-0.39, 0.29) is 18.6 Å². The molecule has 0 aliphatic rings.